The summed E-state index contributed by atoms with van der Waals surface area (Å²) in [6.45, 7) is 2.06. The van der Waals surface area contributed by atoms with Crippen LogP contribution in [0.1, 0.15) is 5.56 Å². The highest BCUT2D eigenvalue weighted by molar-refractivity contribution is 5.80. The van der Waals surface area contributed by atoms with Crippen molar-refractivity contribution in [2.24, 2.45) is 0 Å². The first-order chi connectivity index (χ1) is 11.7. The van der Waals surface area contributed by atoms with E-state index in [1.807, 2.05) is 40.9 Å². The van der Waals surface area contributed by atoms with Crippen LogP contribution in [0, 0.1) is 6.92 Å². The standard InChI is InChI=1S/C19H16N4O/c1-13-4-2-3-5-16(13)21-19-18(14-6-8-15(24)9-7-14)22-17-12-20-10-11-23(17)19/h2-12,21,24H,1H3. The summed E-state index contributed by atoms with van der Waals surface area (Å²) in [5, 5.41) is 13.0. The fourth-order valence-electron chi connectivity index (χ4n) is 2.69. The van der Waals surface area contributed by atoms with Crippen LogP contribution in [0.3, 0.4) is 0 Å². The van der Waals surface area contributed by atoms with Gasteiger partial charge in [-0.1, -0.05) is 18.2 Å². The molecule has 2 aromatic carbocycles. The molecular weight excluding hydrogens is 300 g/mol. The summed E-state index contributed by atoms with van der Waals surface area (Å²) in [5.74, 6) is 1.10. The number of hydrogen-bond acceptors (Lipinski definition) is 4. The Morgan fingerprint density at radius 2 is 1.83 bits per heavy atom. The van der Waals surface area contributed by atoms with E-state index in [0.29, 0.717) is 0 Å². The predicted molar refractivity (Wildman–Crippen MR) is 94.5 cm³/mol. The minimum absolute atomic E-state index is 0.234. The molecule has 0 spiro atoms. The predicted octanol–water partition coefficient (Wildman–Crippen LogP) is 4.15. The van der Waals surface area contributed by atoms with Crippen LogP contribution in [-0.2, 0) is 0 Å². The number of aromatic hydroxyl groups is 1. The van der Waals surface area contributed by atoms with Crippen molar-refractivity contribution in [3.63, 3.8) is 0 Å². The molecule has 0 unspecified atom stereocenters. The fourth-order valence-corrected chi connectivity index (χ4v) is 2.69. The highest BCUT2D eigenvalue weighted by Gasteiger charge is 2.15. The zero-order valence-electron chi connectivity index (χ0n) is 13.1. The van der Waals surface area contributed by atoms with E-state index in [1.165, 1.54) is 0 Å². The van der Waals surface area contributed by atoms with Gasteiger partial charge in [0.1, 0.15) is 17.3 Å². The van der Waals surface area contributed by atoms with E-state index < -0.39 is 0 Å². The highest BCUT2D eigenvalue weighted by Crippen LogP contribution is 2.32. The largest absolute Gasteiger partial charge is 0.508 e. The first-order valence-corrected chi connectivity index (χ1v) is 7.66. The van der Waals surface area contributed by atoms with Gasteiger partial charge in [-0.15, -0.1) is 0 Å². The minimum atomic E-state index is 0.234. The average molecular weight is 316 g/mol. The van der Waals surface area contributed by atoms with Crippen molar-refractivity contribution in [3.05, 3.63) is 72.7 Å². The Morgan fingerprint density at radius 1 is 1.04 bits per heavy atom. The monoisotopic (exact) mass is 316 g/mol. The molecule has 24 heavy (non-hydrogen) atoms. The average Bonchev–Trinajstić information content (AvgIpc) is 2.96. The maximum absolute atomic E-state index is 9.53. The number of benzene rings is 2. The molecule has 0 saturated heterocycles. The Labute approximate surface area is 139 Å². The molecule has 0 atom stereocenters. The number of phenolic OH excluding ortho intramolecular Hbond substituents is 1. The van der Waals surface area contributed by atoms with Crippen LogP contribution in [0.2, 0.25) is 0 Å². The van der Waals surface area contributed by atoms with E-state index in [0.717, 1.165) is 34.0 Å². The number of nitrogens with one attached hydrogen (secondary N) is 1. The van der Waals surface area contributed by atoms with Crippen molar-refractivity contribution < 1.29 is 5.11 Å². The normalized spacial score (nSPS) is 10.9. The molecule has 2 heterocycles. The summed E-state index contributed by atoms with van der Waals surface area (Å²) in [4.78, 5) is 8.84. The highest BCUT2D eigenvalue weighted by atomic mass is 16.3. The number of imidazole rings is 1. The minimum Gasteiger partial charge on any atom is -0.508 e. The second-order valence-electron chi connectivity index (χ2n) is 5.60. The summed E-state index contributed by atoms with van der Waals surface area (Å²) >= 11 is 0. The Morgan fingerprint density at radius 3 is 2.62 bits per heavy atom. The van der Waals surface area contributed by atoms with Gasteiger partial charge in [0.2, 0.25) is 0 Å². The molecule has 4 rings (SSSR count). The van der Waals surface area contributed by atoms with Crippen LogP contribution in [0.4, 0.5) is 11.5 Å². The van der Waals surface area contributed by atoms with Crippen molar-refractivity contribution in [1.29, 1.82) is 0 Å². The van der Waals surface area contributed by atoms with E-state index in [2.05, 4.69) is 23.3 Å². The van der Waals surface area contributed by atoms with Crippen LogP contribution >= 0.6 is 0 Å². The number of aromatic nitrogens is 3. The van der Waals surface area contributed by atoms with E-state index in [-0.39, 0.29) is 5.75 Å². The summed E-state index contributed by atoms with van der Waals surface area (Å²) < 4.78 is 1.97. The van der Waals surface area contributed by atoms with Gasteiger partial charge >= 0.3 is 0 Å². The van der Waals surface area contributed by atoms with E-state index in [1.54, 1.807) is 24.5 Å². The molecule has 2 N–H and O–H groups in total. The molecule has 2 aromatic heterocycles. The van der Waals surface area contributed by atoms with Crippen LogP contribution in [0.25, 0.3) is 16.9 Å². The quantitative estimate of drug-likeness (QED) is 0.596. The van der Waals surface area contributed by atoms with Crippen LogP contribution in [-0.4, -0.2) is 19.5 Å². The number of hydrogen-bond donors (Lipinski definition) is 2. The summed E-state index contributed by atoms with van der Waals surface area (Å²) in [6, 6.07) is 15.1. The van der Waals surface area contributed by atoms with Gasteiger partial charge in [0.15, 0.2) is 5.65 Å². The second kappa shape index (κ2) is 5.70. The molecule has 0 bridgehead atoms. The van der Waals surface area contributed by atoms with Gasteiger partial charge in [0.05, 0.1) is 6.20 Å². The molecule has 0 saturated carbocycles. The lowest BCUT2D eigenvalue weighted by molar-refractivity contribution is 0.475. The number of fused-ring (bicyclic) bond motifs is 1. The Hall–Kier alpha value is -3.34. The van der Waals surface area contributed by atoms with Gasteiger partial charge in [-0.2, -0.15) is 0 Å². The van der Waals surface area contributed by atoms with E-state index in [9.17, 15) is 5.11 Å². The third kappa shape index (κ3) is 2.46. The summed E-state index contributed by atoms with van der Waals surface area (Å²) in [7, 11) is 0. The van der Waals surface area contributed by atoms with Crippen molar-refractivity contribution in [2.75, 3.05) is 5.32 Å². The fraction of sp³-hybridized carbons (Fsp3) is 0.0526. The van der Waals surface area contributed by atoms with E-state index >= 15 is 0 Å². The SMILES string of the molecule is Cc1ccccc1Nc1c(-c2ccc(O)cc2)nc2cnccn12. The first kappa shape index (κ1) is 14.3. The molecule has 0 aliphatic heterocycles. The maximum Gasteiger partial charge on any atom is 0.157 e. The smallest absolute Gasteiger partial charge is 0.157 e. The van der Waals surface area contributed by atoms with Gasteiger partial charge < -0.3 is 10.4 Å². The van der Waals surface area contributed by atoms with Crippen molar-refractivity contribution in [2.45, 2.75) is 6.92 Å². The molecule has 118 valence electrons. The maximum atomic E-state index is 9.53. The Balaban J connectivity index is 1.90. The van der Waals surface area contributed by atoms with Gasteiger partial charge in [-0.25, -0.2) is 4.98 Å². The van der Waals surface area contributed by atoms with Crippen molar-refractivity contribution in [1.82, 2.24) is 14.4 Å². The third-order valence-corrected chi connectivity index (χ3v) is 3.97. The molecule has 4 aromatic rings. The van der Waals surface area contributed by atoms with Gasteiger partial charge in [0.25, 0.3) is 0 Å². The lowest BCUT2D eigenvalue weighted by atomic mass is 10.1. The Bertz CT molecular complexity index is 1010. The zero-order chi connectivity index (χ0) is 16.5. The zero-order valence-corrected chi connectivity index (χ0v) is 13.1. The molecule has 0 radical (unpaired) electrons. The molecule has 0 aliphatic carbocycles. The van der Waals surface area contributed by atoms with Crippen LogP contribution in [0.15, 0.2) is 67.1 Å². The molecule has 0 aliphatic rings. The summed E-state index contributed by atoms with van der Waals surface area (Å²) in [5.41, 5.74) is 4.67. The molecule has 5 heteroatoms. The lowest BCUT2D eigenvalue weighted by Crippen LogP contribution is -1.98. The number of anilines is 2. The molecule has 0 fully saturated rings. The van der Waals surface area contributed by atoms with Crippen LogP contribution in [0.5, 0.6) is 5.75 Å². The van der Waals surface area contributed by atoms with Crippen LogP contribution < -0.4 is 5.32 Å². The molecule has 5 nitrogen and oxygen atoms in total. The molecular formula is C19H16N4O. The van der Waals surface area contributed by atoms with Gasteiger partial charge in [-0.3, -0.25) is 9.38 Å². The molecule has 0 amide bonds. The van der Waals surface area contributed by atoms with Crippen molar-refractivity contribution in [3.8, 4) is 17.0 Å². The van der Waals surface area contributed by atoms with Gasteiger partial charge in [0, 0.05) is 23.6 Å². The first-order valence-electron chi connectivity index (χ1n) is 7.66. The Kier molecular flexibility index (Phi) is 3.39. The summed E-state index contributed by atoms with van der Waals surface area (Å²) in [6.07, 6.45) is 5.35. The topological polar surface area (TPSA) is 62.5 Å². The third-order valence-electron chi connectivity index (χ3n) is 3.97. The van der Waals surface area contributed by atoms with Crippen molar-refractivity contribution >= 4 is 17.2 Å². The number of rotatable bonds is 3. The lowest BCUT2D eigenvalue weighted by Gasteiger charge is -2.11. The number of phenols is 1. The second-order valence-corrected chi connectivity index (χ2v) is 5.60. The number of aryl methyl sites for hydroxylation is 1. The van der Waals surface area contributed by atoms with E-state index in [4.69, 9.17) is 4.98 Å². The number of nitrogens with zero attached hydrogens (tertiary/aromatic N) is 3. The van der Waals surface area contributed by atoms with Gasteiger partial charge in [-0.05, 0) is 42.8 Å². The number of para-hydroxylation sites is 1.